The number of nitro groups is 1. The molecule has 1 saturated heterocycles. The lowest BCUT2D eigenvalue weighted by molar-refractivity contribution is -0.385. The molecule has 1 fully saturated rings. The Morgan fingerprint density at radius 1 is 0.943 bits per heavy atom. The van der Waals surface area contributed by atoms with Crippen molar-refractivity contribution in [2.45, 2.75) is 64.3 Å². The van der Waals surface area contributed by atoms with Gasteiger partial charge < -0.3 is 28.4 Å². The molecule has 0 spiro atoms. The Bertz CT molecular complexity index is 983. The summed E-state index contributed by atoms with van der Waals surface area (Å²) in [6, 6.07) is 3.62. The number of halogens is 1. The maximum absolute atomic E-state index is 11.9. The van der Waals surface area contributed by atoms with Crippen molar-refractivity contribution in [1.82, 2.24) is 0 Å². The Labute approximate surface area is 204 Å². The lowest BCUT2D eigenvalue weighted by Crippen LogP contribution is -2.63. The normalized spacial score (nSPS) is 23.5. The van der Waals surface area contributed by atoms with Gasteiger partial charge in [-0.15, -0.1) is 11.6 Å². The molecular formula is C21H24ClNO12. The predicted molar refractivity (Wildman–Crippen MR) is 115 cm³/mol. The number of carbonyl (C=O) groups is 4. The summed E-state index contributed by atoms with van der Waals surface area (Å²) in [5, 5.41) is 11.1. The summed E-state index contributed by atoms with van der Waals surface area (Å²) in [6.45, 7) is 3.99. The van der Waals surface area contributed by atoms with Crippen molar-refractivity contribution in [2.24, 2.45) is 0 Å². The number of benzene rings is 1. The largest absolute Gasteiger partial charge is 0.463 e. The van der Waals surface area contributed by atoms with Gasteiger partial charge in [0.2, 0.25) is 12.4 Å². The van der Waals surface area contributed by atoms with Crippen LogP contribution in [0.4, 0.5) is 5.69 Å². The van der Waals surface area contributed by atoms with Crippen LogP contribution in [0.15, 0.2) is 18.2 Å². The van der Waals surface area contributed by atoms with Gasteiger partial charge in [0.25, 0.3) is 5.69 Å². The van der Waals surface area contributed by atoms with Crippen molar-refractivity contribution in [1.29, 1.82) is 0 Å². The lowest BCUT2D eigenvalue weighted by atomic mass is 9.98. The molecule has 0 amide bonds. The molecule has 1 heterocycles. The number of esters is 4. The molecule has 0 aromatic heterocycles. The summed E-state index contributed by atoms with van der Waals surface area (Å²) >= 11 is 5.93. The average molecular weight is 518 g/mol. The Morgan fingerprint density at radius 2 is 1.51 bits per heavy atom. The van der Waals surface area contributed by atoms with E-state index in [1.807, 2.05) is 0 Å². The van der Waals surface area contributed by atoms with E-state index in [1.165, 1.54) is 12.1 Å². The zero-order valence-electron chi connectivity index (χ0n) is 19.3. The molecule has 0 unspecified atom stereocenters. The molecule has 0 bridgehead atoms. The van der Waals surface area contributed by atoms with Crippen LogP contribution in [0.1, 0.15) is 33.3 Å². The van der Waals surface area contributed by atoms with Crippen molar-refractivity contribution in [3.05, 3.63) is 33.9 Å². The molecule has 35 heavy (non-hydrogen) atoms. The molecule has 14 heteroatoms. The molecule has 13 nitrogen and oxygen atoms in total. The van der Waals surface area contributed by atoms with Crippen LogP contribution in [0.5, 0.6) is 5.75 Å². The number of alkyl halides is 1. The molecule has 192 valence electrons. The van der Waals surface area contributed by atoms with Gasteiger partial charge in [0.1, 0.15) is 18.5 Å². The van der Waals surface area contributed by atoms with Gasteiger partial charge in [-0.25, -0.2) is 0 Å². The van der Waals surface area contributed by atoms with Crippen LogP contribution in [0.2, 0.25) is 0 Å². The first-order valence-electron chi connectivity index (χ1n) is 10.2. The number of hydrogen-bond donors (Lipinski definition) is 0. The van der Waals surface area contributed by atoms with Crippen molar-refractivity contribution in [3.63, 3.8) is 0 Å². The molecule has 0 aliphatic carbocycles. The number of nitro benzene ring substituents is 1. The molecule has 0 radical (unpaired) electrons. The molecule has 1 aliphatic heterocycles. The van der Waals surface area contributed by atoms with Gasteiger partial charge in [-0.1, -0.05) is 0 Å². The quantitative estimate of drug-likeness (QED) is 0.153. The second kappa shape index (κ2) is 12.3. The van der Waals surface area contributed by atoms with E-state index in [9.17, 15) is 29.3 Å². The van der Waals surface area contributed by atoms with E-state index in [0.717, 1.165) is 33.8 Å². The van der Waals surface area contributed by atoms with Crippen LogP contribution in [0.3, 0.4) is 0 Å². The van der Waals surface area contributed by atoms with Gasteiger partial charge in [-0.05, 0) is 6.07 Å². The van der Waals surface area contributed by atoms with Crippen molar-refractivity contribution in [3.8, 4) is 5.75 Å². The fraction of sp³-hybridized carbons (Fsp3) is 0.524. The number of hydrogen-bond acceptors (Lipinski definition) is 12. The van der Waals surface area contributed by atoms with E-state index in [2.05, 4.69) is 0 Å². The fourth-order valence-corrected chi connectivity index (χ4v) is 3.52. The number of ether oxygens (including phenoxy) is 6. The topological polar surface area (TPSA) is 167 Å². The van der Waals surface area contributed by atoms with E-state index in [-0.39, 0.29) is 22.9 Å². The summed E-state index contributed by atoms with van der Waals surface area (Å²) in [7, 11) is 0. The van der Waals surface area contributed by atoms with Gasteiger partial charge >= 0.3 is 23.9 Å². The average Bonchev–Trinajstić information content (AvgIpc) is 2.75. The van der Waals surface area contributed by atoms with Crippen LogP contribution in [-0.2, 0) is 48.7 Å². The lowest BCUT2D eigenvalue weighted by Gasteiger charge is -2.44. The number of non-ortho nitro benzene ring substituents is 1. The minimum Gasteiger partial charge on any atom is -0.463 e. The number of nitrogens with zero attached hydrogens (tertiary/aromatic N) is 1. The zero-order chi connectivity index (χ0) is 26.3. The summed E-state index contributed by atoms with van der Waals surface area (Å²) in [5.74, 6) is -3.17. The third-order valence-corrected chi connectivity index (χ3v) is 4.88. The highest BCUT2D eigenvalue weighted by Crippen LogP contribution is 2.33. The molecule has 0 saturated carbocycles. The minimum atomic E-state index is -1.49. The van der Waals surface area contributed by atoms with Crippen LogP contribution < -0.4 is 4.74 Å². The van der Waals surface area contributed by atoms with Gasteiger partial charge in [-0.3, -0.25) is 29.3 Å². The minimum absolute atomic E-state index is 0.0477. The monoisotopic (exact) mass is 517 g/mol. The molecule has 1 aromatic carbocycles. The first-order valence-corrected chi connectivity index (χ1v) is 10.8. The Morgan fingerprint density at radius 3 is 2.03 bits per heavy atom. The molecule has 0 N–H and O–H groups in total. The highest BCUT2D eigenvalue weighted by Gasteiger charge is 2.53. The molecule has 2 rings (SSSR count). The van der Waals surface area contributed by atoms with Crippen LogP contribution >= 0.6 is 11.6 Å². The molecule has 1 aliphatic rings. The fourth-order valence-electron chi connectivity index (χ4n) is 3.31. The van der Waals surface area contributed by atoms with Crippen molar-refractivity contribution >= 4 is 41.2 Å². The van der Waals surface area contributed by atoms with E-state index >= 15 is 0 Å². The smallest absolute Gasteiger partial charge is 0.303 e. The molecular weight excluding hydrogens is 494 g/mol. The van der Waals surface area contributed by atoms with E-state index < -0.39 is 66.1 Å². The standard InChI is InChI=1S/C21H24ClNO12/c1-10(24)30-9-17-18(31-11(2)25)19(32-12(3)26)20(33-13(4)27)21(35-17)34-16-6-5-15(23(28)29)7-14(16)8-22/h5-7,17-21H,8-9H2,1-4H3/t17-,18-,19+,20-,21-/m1/s1. The molecule has 1 aromatic rings. The van der Waals surface area contributed by atoms with Gasteiger partial charge in [0.15, 0.2) is 12.2 Å². The molecule has 5 atom stereocenters. The summed E-state index contributed by atoms with van der Waals surface area (Å²) in [5.41, 5.74) is -0.0248. The SMILES string of the molecule is CC(=O)OC[C@H]1O[C@@H](Oc2ccc([N+](=O)[O-])cc2CCl)[C@H](OC(C)=O)[C@@H](OC(C)=O)[C@@H]1OC(C)=O. The van der Waals surface area contributed by atoms with Gasteiger partial charge in [0, 0.05) is 45.4 Å². The summed E-state index contributed by atoms with van der Waals surface area (Å²) in [4.78, 5) is 57.4. The maximum Gasteiger partial charge on any atom is 0.303 e. The third-order valence-electron chi connectivity index (χ3n) is 4.59. The number of carbonyl (C=O) groups excluding carboxylic acids is 4. The highest BCUT2D eigenvalue weighted by molar-refractivity contribution is 6.17. The number of rotatable bonds is 9. The van der Waals surface area contributed by atoms with E-state index in [0.29, 0.717) is 0 Å². The van der Waals surface area contributed by atoms with Gasteiger partial charge in [0.05, 0.1) is 10.8 Å². The second-order valence-electron chi connectivity index (χ2n) is 7.37. The van der Waals surface area contributed by atoms with Crippen LogP contribution in [-0.4, -0.2) is 66.1 Å². The van der Waals surface area contributed by atoms with Crippen LogP contribution in [0.25, 0.3) is 0 Å². The Balaban J connectivity index is 2.52. The Hall–Kier alpha value is -3.45. The first-order chi connectivity index (χ1) is 16.4. The second-order valence-corrected chi connectivity index (χ2v) is 7.64. The van der Waals surface area contributed by atoms with Gasteiger partial charge in [-0.2, -0.15) is 0 Å². The summed E-state index contributed by atoms with van der Waals surface area (Å²) in [6.07, 6.45) is -6.91. The zero-order valence-corrected chi connectivity index (χ0v) is 20.0. The van der Waals surface area contributed by atoms with Crippen molar-refractivity contribution in [2.75, 3.05) is 6.61 Å². The first kappa shape index (κ1) is 27.8. The highest BCUT2D eigenvalue weighted by atomic mass is 35.5. The van der Waals surface area contributed by atoms with E-state index in [1.54, 1.807) is 0 Å². The van der Waals surface area contributed by atoms with Crippen molar-refractivity contribution < 1.29 is 52.5 Å². The predicted octanol–water partition coefficient (Wildman–Crippen LogP) is 1.80. The third kappa shape index (κ3) is 7.79. The van der Waals surface area contributed by atoms with E-state index in [4.69, 9.17) is 40.0 Å². The maximum atomic E-state index is 11.9. The van der Waals surface area contributed by atoms with Crippen LogP contribution in [0, 0.1) is 10.1 Å². The Kier molecular flexibility index (Phi) is 9.78. The summed E-state index contributed by atoms with van der Waals surface area (Å²) < 4.78 is 32.6.